The molecule has 0 heterocycles. The topological polar surface area (TPSA) is 81.4 Å². The van der Waals surface area contributed by atoms with E-state index < -0.39 is 10.0 Å². The standard InChI is InChI=1S/C11H18N2O3S/c1-16-11-4-2-10(3-5-11)6-8-13-17(14,15)9-7-12/h2-5,13H,6-9,12H2,1H3. The Morgan fingerprint density at radius 1 is 1.29 bits per heavy atom. The maximum atomic E-state index is 11.3. The van der Waals surface area contributed by atoms with Crippen LogP contribution in [0.1, 0.15) is 5.56 Å². The summed E-state index contributed by atoms with van der Waals surface area (Å²) in [5.74, 6) is 0.757. The van der Waals surface area contributed by atoms with E-state index in [1.807, 2.05) is 24.3 Å². The quantitative estimate of drug-likeness (QED) is 0.727. The highest BCUT2D eigenvalue weighted by Crippen LogP contribution is 2.11. The lowest BCUT2D eigenvalue weighted by atomic mass is 10.1. The molecular formula is C11H18N2O3S. The number of benzene rings is 1. The molecule has 0 unspecified atom stereocenters. The first-order valence-electron chi connectivity index (χ1n) is 5.38. The molecule has 0 saturated heterocycles. The molecule has 1 aromatic rings. The van der Waals surface area contributed by atoms with Gasteiger partial charge in [-0.1, -0.05) is 12.1 Å². The molecule has 1 rings (SSSR count). The minimum absolute atomic E-state index is 0.0321. The lowest BCUT2D eigenvalue weighted by Crippen LogP contribution is -2.31. The van der Waals surface area contributed by atoms with Gasteiger partial charge in [-0.15, -0.1) is 0 Å². The highest BCUT2D eigenvalue weighted by molar-refractivity contribution is 7.89. The molecule has 0 amide bonds. The van der Waals surface area contributed by atoms with Gasteiger partial charge in [-0.3, -0.25) is 0 Å². The van der Waals surface area contributed by atoms with Crippen LogP contribution in [0.3, 0.4) is 0 Å². The van der Waals surface area contributed by atoms with Gasteiger partial charge in [0.15, 0.2) is 0 Å². The van der Waals surface area contributed by atoms with Gasteiger partial charge in [0.1, 0.15) is 5.75 Å². The predicted molar refractivity (Wildman–Crippen MR) is 67.5 cm³/mol. The second-order valence-electron chi connectivity index (χ2n) is 3.60. The summed E-state index contributed by atoms with van der Waals surface area (Å²) in [6.45, 7) is 0.520. The SMILES string of the molecule is COc1ccc(CCNS(=O)(=O)CCN)cc1. The van der Waals surface area contributed by atoms with Crippen molar-refractivity contribution >= 4 is 10.0 Å². The van der Waals surface area contributed by atoms with Crippen molar-refractivity contribution in [2.24, 2.45) is 5.73 Å². The minimum Gasteiger partial charge on any atom is -0.497 e. The Morgan fingerprint density at radius 2 is 1.94 bits per heavy atom. The Morgan fingerprint density at radius 3 is 2.47 bits per heavy atom. The maximum Gasteiger partial charge on any atom is 0.212 e. The van der Waals surface area contributed by atoms with Crippen molar-refractivity contribution in [2.45, 2.75) is 6.42 Å². The van der Waals surface area contributed by atoms with Gasteiger partial charge in [0, 0.05) is 13.1 Å². The molecule has 0 atom stereocenters. The van der Waals surface area contributed by atoms with E-state index >= 15 is 0 Å². The third-order valence-corrected chi connectivity index (χ3v) is 3.70. The molecular weight excluding hydrogens is 240 g/mol. The molecule has 0 bridgehead atoms. The second kappa shape index (κ2) is 6.58. The van der Waals surface area contributed by atoms with E-state index in [1.165, 1.54) is 0 Å². The fourth-order valence-corrected chi connectivity index (χ4v) is 2.24. The minimum atomic E-state index is -3.21. The molecule has 0 aromatic heterocycles. The lowest BCUT2D eigenvalue weighted by molar-refractivity contribution is 0.414. The van der Waals surface area contributed by atoms with Crippen molar-refractivity contribution in [3.05, 3.63) is 29.8 Å². The summed E-state index contributed by atoms with van der Waals surface area (Å²) >= 11 is 0. The molecule has 17 heavy (non-hydrogen) atoms. The van der Waals surface area contributed by atoms with Crippen LogP contribution in [0.2, 0.25) is 0 Å². The summed E-state index contributed by atoms with van der Waals surface area (Å²) in [5.41, 5.74) is 6.25. The second-order valence-corrected chi connectivity index (χ2v) is 5.53. The molecule has 0 aliphatic heterocycles. The molecule has 5 nitrogen and oxygen atoms in total. The van der Waals surface area contributed by atoms with Crippen LogP contribution in [0.4, 0.5) is 0 Å². The van der Waals surface area contributed by atoms with Gasteiger partial charge in [-0.25, -0.2) is 13.1 Å². The first-order chi connectivity index (χ1) is 8.07. The Labute approximate surface area is 102 Å². The molecule has 0 radical (unpaired) electrons. The van der Waals surface area contributed by atoms with Gasteiger partial charge in [-0.05, 0) is 24.1 Å². The van der Waals surface area contributed by atoms with Crippen molar-refractivity contribution in [1.29, 1.82) is 0 Å². The van der Waals surface area contributed by atoms with E-state index in [0.29, 0.717) is 13.0 Å². The lowest BCUT2D eigenvalue weighted by Gasteiger charge is -2.06. The Kier molecular flexibility index (Phi) is 5.40. The molecule has 0 saturated carbocycles. The van der Waals surface area contributed by atoms with Crippen LogP contribution < -0.4 is 15.2 Å². The van der Waals surface area contributed by atoms with Gasteiger partial charge in [0.05, 0.1) is 12.9 Å². The summed E-state index contributed by atoms with van der Waals surface area (Å²) in [7, 11) is -1.61. The summed E-state index contributed by atoms with van der Waals surface area (Å²) in [5, 5.41) is 0. The normalized spacial score (nSPS) is 11.4. The zero-order valence-corrected chi connectivity index (χ0v) is 10.7. The summed E-state index contributed by atoms with van der Waals surface area (Å²) in [4.78, 5) is 0. The Balaban J connectivity index is 2.40. The maximum absolute atomic E-state index is 11.3. The third-order valence-electron chi connectivity index (χ3n) is 2.28. The molecule has 6 heteroatoms. The number of hydrogen-bond donors (Lipinski definition) is 2. The van der Waals surface area contributed by atoms with Crippen LogP contribution in [-0.4, -0.2) is 34.4 Å². The number of hydrogen-bond acceptors (Lipinski definition) is 4. The summed E-state index contributed by atoms with van der Waals surface area (Å²) in [6.07, 6.45) is 0.647. The Bertz CT molecular complexity index is 429. The average molecular weight is 258 g/mol. The number of nitrogens with one attached hydrogen (secondary N) is 1. The number of ether oxygens (including phenoxy) is 1. The van der Waals surface area contributed by atoms with Crippen molar-refractivity contribution in [3.8, 4) is 5.75 Å². The van der Waals surface area contributed by atoms with Gasteiger partial charge in [-0.2, -0.15) is 0 Å². The molecule has 96 valence electrons. The summed E-state index contributed by atoms with van der Waals surface area (Å²) in [6, 6.07) is 7.53. The van der Waals surface area contributed by atoms with Gasteiger partial charge in [0.2, 0.25) is 10.0 Å². The highest BCUT2D eigenvalue weighted by Gasteiger charge is 2.07. The largest absolute Gasteiger partial charge is 0.497 e. The fourth-order valence-electron chi connectivity index (χ4n) is 1.37. The molecule has 0 spiro atoms. The number of rotatable bonds is 7. The van der Waals surface area contributed by atoms with Crippen LogP contribution in [0, 0.1) is 0 Å². The monoisotopic (exact) mass is 258 g/mol. The molecule has 0 aliphatic carbocycles. The zero-order valence-electron chi connectivity index (χ0n) is 9.85. The third kappa shape index (κ3) is 5.16. The number of sulfonamides is 1. The predicted octanol–water partition coefficient (Wildman–Crippen LogP) is 0.116. The van der Waals surface area contributed by atoms with Crippen LogP contribution in [0.25, 0.3) is 0 Å². The number of nitrogens with two attached hydrogens (primary N) is 1. The van der Waals surface area contributed by atoms with E-state index in [-0.39, 0.29) is 12.3 Å². The molecule has 0 fully saturated rings. The van der Waals surface area contributed by atoms with Gasteiger partial charge < -0.3 is 10.5 Å². The van der Waals surface area contributed by atoms with Crippen LogP contribution >= 0.6 is 0 Å². The average Bonchev–Trinajstić information content (AvgIpc) is 2.29. The number of methoxy groups -OCH3 is 1. The molecule has 3 N–H and O–H groups in total. The first-order valence-corrected chi connectivity index (χ1v) is 7.03. The summed E-state index contributed by atoms with van der Waals surface area (Å²) < 4.78 is 30.2. The fraction of sp³-hybridized carbons (Fsp3) is 0.455. The van der Waals surface area contributed by atoms with Crippen molar-refractivity contribution in [3.63, 3.8) is 0 Å². The van der Waals surface area contributed by atoms with Crippen molar-refractivity contribution in [1.82, 2.24) is 4.72 Å². The van der Waals surface area contributed by atoms with Crippen molar-refractivity contribution < 1.29 is 13.2 Å². The molecule has 0 aliphatic rings. The van der Waals surface area contributed by atoms with E-state index in [2.05, 4.69) is 4.72 Å². The smallest absolute Gasteiger partial charge is 0.212 e. The van der Waals surface area contributed by atoms with Crippen LogP contribution in [0.5, 0.6) is 5.75 Å². The van der Waals surface area contributed by atoms with E-state index in [1.54, 1.807) is 7.11 Å². The van der Waals surface area contributed by atoms with Gasteiger partial charge >= 0.3 is 0 Å². The van der Waals surface area contributed by atoms with Crippen LogP contribution in [-0.2, 0) is 16.4 Å². The van der Waals surface area contributed by atoms with E-state index in [0.717, 1.165) is 11.3 Å². The van der Waals surface area contributed by atoms with Crippen LogP contribution in [0.15, 0.2) is 24.3 Å². The van der Waals surface area contributed by atoms with Gasteiger partial charge in [0.25, 0.3) is 0 Å². The first kappa shape index (κ1) is 14.0. The zero-order chi connectivity index (χ0) is 12.7. The highest BCUT2D eigenvalue weighted by atomic mass is 32.2. The molecule has 1 aromatic carbocycles. The Hall–Kier alpha value is -1.11. The van der Waals surface area contributed by atoms with Crippen molar-refractivity contribution in [2.75, 3.05) is 26.0 Å². The van der Waals surface area contributed by atoms with E-state index in [4.69, 9.17) is 10.5 Å². The van der Waals surface area contributed by atoms with E-state index in [9.17, 15) is 8.42 Å².